The molecule has 0 radical (unpaired) electrons. The second-order valence-electron chi connectivity index (χ2n) is 7.18. The van der Waals surface area contributed by atoms with Crippen molar-refractivity contribution in [2.45, 2.75) is 6.18 Å². The van der Waals surface area contributed by atoms with Gasteiger partial charge in [0.15, 0.2) is 46.5 Å². The van der Waals surface area contributed by atoms with Crippen molar-refractivity contribution in [3.63, 3.8) is 0 Å². The number of halogens is 14. The Hall–Kier alpha value is -4.02. The van der Waals surface area contributed by atoms with Crippen molar-refractivity contribution in [3.05, 3.63) is 92.0 Å². The Balaban J connectivity index is 2.13. The van der Waals surface area contributed by atoms with Crippen molar-refractivity contribution < 1.29 is 66.7 Å². The minimum absolute atomic E-state index is 0.0413. The van der Waals surface area contributed by atoms with Crippen LogP contribution in [-0.4, -0.2) is 11.8 Å². The van der Waals surface area contributed by atoms with E-state index in [1.807, 2.05) is 0 Å². The zero-order valence-electron chi connectivity index (χ0n) is 17.8. The van der Waals surface area contributed by atoms with E-state index in [9.17, 15) is 66.7 Å². The number of carbonyl (C=O) groups is 2. The Kier molecular flexibility index (Phi) is 7.78. The fourth-order valence-corrected chi connectivity index (χ4v) is 3.15. The highest BCUT2D eigenvalue weighted by Gasteiger charge is 2.35. The maximum atomic E-state index is 13.9. The number of nitrogens with one attached hydrogen (secondary N) is 2. The van der Waals surface area contributed by atoms with Gasteiger partial charge in [-0.25, -0.2) is 43.9 Å². The van der Waals surface area contributed by atoms with Gasteiger partial charge in [-0.15, -0.1) is 0 Å². The van der Waals surface area contributed by atoms with Gasteiger partial charge in [-0.1, -0.05) is 11.6 Å². The summed E-state index contributed by atoms with van der Waals surface area (Å²) in [6, 6.07) is -0.0827. The summed E-state index contributed by atoms with van der Waals surface area (Å²) in [6.07, 6.45) is -5.38. The Morgan fingerprint density at radius 3 is 1.05 bits per heavy atom. The molecule has 0 fully saturated rings. The minimum Gasteiger partial charge on any atom is -0.320 e. The zero-order valence-corrected chi connectivity index (χ0v) is 18.5. The van der Waals surface area contributed by atoms with Crippen LogP contribution in [0.4, 0.5) is 68.5 Å². The first-order valence-electron chi connectivity index (χ1n) is 9.46. The van der Waals surface area contributed by atoms with Gasteiger partial charge < -0.3 is 10.6 Å². The van der Waals surface area contributed by atoms with Crippen molar-refractivity contribution >= 4 is 34.8 Å². The lowest BCUT2D eigenvalue weighted by Gasteiger charge is -2.17. The number of hydrogen-bond acceptors (Lipinski definition) is 2. The van der Waals surface area contributed by atoms with Crippen LogP contribution < -0.4 is 10.6 Å². The molecule has 0 heterocycles. The molecule has 0 saturated carbocycles. The summed E-state index contributed by atoms with van der Waals surface area (Å²) in [5.74, 6) is -30.9. The topological polar surface area (TPSA) is 58.2 Å². The predicted molar refractivity (Wildman–Crippen MR) is 105 cm³/mol. The maximum Gasteiger partial charge on any atom is 0.416 e. The van der Waals surface area contributed by atoms with Crippen LogP contribution in [0.3, 0.4) is 0 Å². The Morgan fingerprint density at radius 1 is 0.538 bits per heavy atom. The molecule has 39 heavy (non-hydrogen) atoms. The van der Waals surface area contributed by atoms with E-state index < -0.39 is 109 Å². The standard InChI is InChI=1S/C21H4ClF13N2O2/c22-8-4(36-19(38)6-9(23)13(27)17(31)14(28)10(6)24)1-3(21(33,34)35)2-5(8)37-20(39)7-11(25)15(29)18(32)16(30)12(7)26/h1-2H,(H,36,38)(H,37,39). The van der Waals surface area contributed by atoms with Crippen LogP contribution >= 0.6 is 11.6 Å². The summed E-state index contributed by atoms with van der Waals surface area (Å²) in [5.41, 5.74) is -8.78. The summed E-state index contributed by atoms with van der Waals surface area (Å²) in [7, 11) is 0. The molecule has 0 aliphatic carbocycles. The molecular weight excluding hydrogens is 595 g/mol. The second-order valence-corrected chi connectivity index (χ2v) is 7.56. The molecule has 2 amide bonds. The molecule has 0 aliphatic rings. The molecular formula is C21H4ClF13N2O2. The van der Waals surface area contributed by atoms with Crippen LogP contribution in [0.15, 0.2) is 12.1 Å². The third kappa shape index (κ3) is 5.17. The van der Waals surface area contributed by atoms with Gasteiger partial charge in [0.1, 0.15) is 11.1 Å². The SMILES string of the molecule is O=C(Nc1cc(C(F)(F)F)cc(NC(=O)c2c(F)c(F)c(F)c(F)c2F)c1Cl)c1c(F)c(F)c(F)c(F)c1F. The number of amides is 2. The third-order valence-electron chi connectivity index (χ3n) is 4.77. The number of alkyl halides is 3. The molecule has 4 nitrogen and oxygen atoms in total. The van der Waals surface area contributed by atoms with Crippen LogP contribution in [0, 0.1) is 58.2 Å². The summed E-state index contributed by atoms with van der Waals surface area (Å²) in [5, 5.41) is 1.43. The Morgan fingerprint density at radius 2 is 0.795 bits per heavy atom. The maximum absolute atomic E-state index is 13.9. The lowest BCUT2D eigenvalue weighted by atomic mass is 10.1. The van der Waals surface area contributed by atoms with Gasteiger partial charge in [0.25, 0.3) is 11.8 Å². The molecule has 3 aromatic carbocycles. The molecule has 18 heteroatoms. The summed E-state index contributed by atoms with van der Waals surface area (Å²) < 4.78 is 176. The summed E-state index contributed by atoms with van der Waals surface area (Å²) in [6.45, 7) is 0. The van der Waals surface area contributed by atoms with Gasteiger partial charge >= 0.3 is 6.18 Å². The molecule has 2 N–H and O–H groups in total. The summed E-state index contributed by atoms with van der Waals surface area (Å²) >= 11 is 5.74. The van der Waals surface area contributed by atoms with E-state index in [4.69, 9.17) is 11.6 Å². The van der Waals surface area contributed by atoms with Crippen molar-refractivity contribution in [1.82, 2.24) is 0 Å². The number of benzene rings is 3. The number of hydrogen-bond donors (Lipinski definition) is 2. The van der Waals surface area contributed by atoms with E-state index in [2.05, 4.69) is 0 Å². The molecule has 0 atom stereocenters. The van der Waals surface area contributed by atoms with Gasteiger partial charge in [-0.2, -0.15) is 13.2 Å². The van der Waals surface area contributed by atoms with Crippen molar-refractivity contribution in [1.29, 1.82) is 0 Å². The average Bonchev–Trinajstić information content (AvgIpc) is 2.85. The third-order valence-corrected chi connectivity index (χ3v) is 5.18. The second kappa shape index (κ2) is 10.3. The van der Waals surface area contributed by atoms with E-state index >= 15 is 0 Å². The first-order valence-corrected chi connectivity index (χ1v) is 9.84. The Bertz CT molecular complexity index is 1390. The highest BCUT2D eigenvalue weighted by Crippen LogP contribution is 2.40. The quantitative estimate of drug-likeness (QED) is 0.189. The minimum atomic E-state index is -5.38. The molecule has 0 unspecified atom stereocenters. The molecule has 0 spiro atoms. The van der Waals surface area contributed by atoms with Gasteiger partial charge in [0, 0.05) is 0 Å². The van der Waals surface area contributed by atoms with Crippen LogP contribution in [0.25, 0.3) is 0 Å². The van der Waals surface area contributed by atoms with E-state index in [0.717, 1.165) is 0 Å². The summed E-state index contributed by atoms with van der Waals surface area (Å²) in [4.78, 5) is 24.5. The molecule has 0 aliphatic heterocycles. The fraction of sp³-hybridized carbons (Fsp3) is 0.0476. The van der Waals surface area contributed by atoms with Gasteiger partial charge in [-0.05, 0) is 12.1 Å². The van der Waals surface area contributed by atoms with E-state index in [1.54, 1.807) is 0 Å². The Labute approximate surface area is 211 Å². The van der Waals surface area contributed by atoms with Gasteiger partial charge in [0.05, 0.1) is 22.0 Å². The van der Waals surface area contributed by atoms with E-state index in [-0.39, 0.29) is 12.1 Å². The van der Waals surface area contributed by atoms with Gasteiger partial charge in [0.2, 0.25) is 11.6 Å². The molecule has 0 bridgehead atoms. The smallest absolute Gasteiger partial charge is 0.320 e. The zero-order chi connectivity index (χ0) is 29.7. The van der Waals surface area contributed by atoms with Gasteiger partial charge in [-0.3, -0.25) is 9.59 Å². The molecule has 0 saturated heterocycles. The average molecular weight is 599 g/mol. The molecule has 0 aromatic heterocycles. The van der Waals surface area contributed by atoms with Crippen molar-refractivity contribution in [2.75, 3.05) is 10.6 Å². The normalized spacial score (nSPS) is 11.5. The van der Waals surface area contributed by atoms with Crippen LogP contribution in [0.2, 0.25) is 5.02 Å². The molecule has 3 aromatic rings. The monoisotopic (exact) mass is 598 g/mol. The highest BCUT2D eigenvalue weighted by atomic mass is 35.5. The largest absolute Gasteiger partial charge is 0.416 e. The van der Waals surface area contributed by atoms with Crippen molar-refractivity contribution in [3.8, 4) is 0 Å². The number of rotatable bonds is 4. The van der Waals surface area contributed by atoms with E-state index in [1.165, 1.54) is 10.6 Å². The van der Waals surface area contributed by atoms with Crippen LogP contribution in [0.5, 0.6) is 0 Å². The predicted octanol–water partition coefficient (Wildman–Crippen LogP) is 7.25. The first kappa shape index (κ1) is 29.5. The lowest BCUT2D eigenvalue weighted by molar-refractivity contribution is -0.137. The van der Waals surface area contributed by atoms with E-state index in [0.29, 0.717) is 0 Å². The highest BCUT2D eigenvalue weighted by molar-refractivity contribution is 6.37. The number of anilines is 2. The van der Waals surface area contributed by atoms with Crippen LogP contribution in [-0.2, 0) is 6.18 Å². The van der Waals surface area contributed by atoms with Crippen LogP contribution in [0.1, 0.15) is 26.3 Å². The molecule has 3 rings (SSSR count). The fourth-order valence-electron chi connectivity index (χ4n) is 2.95. The molecule has 208 valence electrons. The lowest BCUT2D eigenvalue weighted by Crippen LogP contribution is -2.22. The number of carbonyl (C=O) groups excluding carboxylic acids is 2. The van der Waals surface area contributed by atoms with Crippen molar-refractivity contribution in [2.24, 2.45) is 0 Å². The first-order chi connectivity index (χ1) is 17.9.